The summed E-state index contributed by atoms with van der Waals surface area (Å²) < 4.78 is 2.39. The van der Waals surface area contributed by atoms with Crippen LogP contribution in [0.3, 0.4) is 0 Å². The molecule has 0 unspecified atom stereocenters. The van der Waals surface area contributed by atoms with Crippen LogP contribution in [0.5, 0.6) is 0 Å². The first-order chi connectivity index (χ1) is 15.3. The Kier molecular flexibility index (Phi) is 4.41. The molecule has 0 spiro atoms. The van der Waals surface area contributed by atoms with Crippen molar-refractivity contribution in [1.29, 1.82) is 0 Å². The summed E-state index contributed by atoms with van der Waals surface area (Å²) in [6, 6.07) is 38.1. The molecule has 0 aliphatic rings. The second-order valence-electron chi connectivity index (χ2n) is 7.54. The van der Waals surface area contributed by atoms with Gasteiger partial charge in [0.2, 0.25) is 0 Å². The Morgan fingerprint density at radius 3 is 1.94 bits per heavy atom. The Bertz CT molecular complexity index is 1500. The van der Waals surface area contributed by atoms with Crippen LogP contribution in [-0.4, -0.2) is 0 Å². The molecule has 5 aromatic carbocycles. The van der Waals surface area contributed by atoms with E-state index in [0.717, 1.165) is 26.8 Å². The summed E-state index contributed by atoms with van der Waals surface area (Å²) >= 11 is 8.89. The van der Waals surface area contributed by atoms with Crippen LogP contribution in [0.4, 0.5) is 17.1 Å². The predicted molar refractivity (Wildman–Crippen MR) is 137 cm³/mol. The number of benzene rings is 5. The predicted octanol–water partition coefficient (Wildman–Crippen LogP) is 9.33. The fraction of sp³-hybridized carbons (Fsp3) is 0. The van der Waals surface area contributed by atoms with Gasteiger partial charge in [-0.15, -0.1) is 11.3 Å². The fourth-order valence-corrected chi connectivity index (χ4v) is 5.84. The quantitative estimate of drug-likeness (QED) is 0.267. The second kappa shape index (κ2) is 7.42. The minimum absolute atomic E-state index is 0.787. The Balaban J connectivity index is 1.64. The first kappa shape index (κ1) is 18.4. The molecule has 0 N–H and O–H groups in total. The number of fused-ring (bicyclic) bond motifs is 5. The van der Waals surface area contributed by atoms with E-state index in [1.165, 1.54) is 26.2 Å². The van der Waals surface area contributed by atoms with Crippen LogP contribution in [0.25, 0.3) is 30.9 Å². The van der Waals surface area contributed by atoms with E-state index in [1.807, 2.05) is 12.1 Å². The lowest BCUT2D eigenvalue weighted by molar-refractivity contribution is 1.29. The van der Waals surface area contributed by atoms with Gasteiger partial charge in [0.15, 0.2) is 0 Å². The molecule has 0 atom stereocenters. The Hall–Kier alpha value is -3.33. The number of hydrogen-bond donors (Lipinski definition) is 0. The van der Waals surface area contributed by atoms with Crippen molar-refractivity contribution >= 4 is 70.9 Å². The zero-order valence-corrected chi connectivity index (χ0v) is 18.2. The maximum Gasteiger partial charge on any atom is 0.0825 e. The molecule has 3 heteroatoms. The molecular formula is C28H18ClNS. The van der Waals surface area contributed by atoms with Gasteiger partial charge < -0.3 is 4.90 Å². The molecule has 0 saturated carbocycles. The van der Waals surface area contributed by atoms with Crippen molar-refractivity contribution in [2.24, 2.45) is 0 Å². The fourth-order valence-electron chi connectivity index (χ4n) is 4.32. The Morgan fingerprint density at radius 1 is 0.581 bits per heavy atom. The molecule has 0 fully saturated rings. The lowest BCUT2D eigenvalue weighted by Crippen LogP contribution is -2.10. The molecule has 1 aromatic heterocycles. The van der Waals surface area contributed by atoms with Gasteiger partial charge in [-0.1, -0.05) is 84.4 Å². The van der Waals surface area contributed by atoms with E-state index in [0.29, 0.717) is 0 Å². The van der Waals surface area contributed by atoms with Gasteiger partial charge in [0, 0.05) is 26.8 Å². The third-order valence-electron chi connectivity index (χ3n) is 5.72. The lowest BCUT2D eigenvalue weighted by atomic mass is 10.0. The second-order valence-corrected chi connectivity index (χ2v) is 8.97. The van der Waals surface area contributed by atoms with Gasteiger partial charge in [-0.05, 0) is 47.2 Å². The van der Waals surface area contributed by atoms with Crippen LogP contribution in [0.15, 0.2) is 109 Å². The van der Waals surface area contributed by atoms with E-state index >= 15 is 0 Å². The third kappa shape index (κ3) is 2.99. The SMILES string of the molecule is Clc1c(N(c2ccccc2)c2ccccc2)ccc2c1sc1ccc3ccccc3c12. The van der Waals surface area contributed by atoms with E-state index in [2.05, 4.69) is 102 Å². The summed E-state index contributed by atoms with van der Waals surface area (Å²) in [4.78, 5) is 2.23. The number of halogens is 1. The molecule has 0 aliphatic heterocycles. The van der Waals surface area contributed by atoms with E-state index in [1.54, 1.807) is 11.3 Å². The highest BCUT2D eigenvalue weighted by molar-refractivity contribution is 7.26. The topological polar surface area (TPSA) is 3.24 Å². The van der Waals surface area contributed by atoms with Gasteiger partial charge in [-0.3, -0.25) is 0 Å². The van der Waals surface area contributed by atoms with E-state index in [9.17, 15) is 0 Å². The maximum absolute atomic E-state index is 7.13. The van der Waals surface area contributed by atoms with Gasteiger partial charge in [0.25, 0.3) is 0 Å². The number of hydrogen-bond acceptors (Lipinski definition) is 2. The zero-order valence-electron chi connectivity index (χ0n) is 16.6. The van der Waals surface area contributed by atoms with Crippen molar-refractivity contribution in [1.82, 2.24) is 0 Å². The zero-order chi connectivity index (χ0) is 20.8. The summed E-state index contributed by atoms with van der Waals surface area (Å²) in [5.74, 6) is 0. The molecule has 148 valence electrons. The van der Waals surface area contributed by atoms with E-state index < -0.39 is 0 Å². The highest BCUT2D eigenvalue weighted by Crippen LogP contribution is 2.47. The molecular weight excluding hydrogens is 418 g/mol. The number of anilines is 3. The Morgan fingerprint density at radius 2 is 1.23 bits per heavy atom. The summed E-state index contributed by atoms with van der Waals surface area (Å²) in [6.45, 7) is 0. The number of nitrogens with zero attached hydrogens (tertiary/aromatic N) is 1. The Labute approximate surface area is 189 Å². The summed E-state index contributed by atoms with van der Waals surface area (Å²) in [5.41, 5.74) is 3.16. The van der Waals surface area contributed by atoms with E-state index in [4.69, 9.17) is 11.6 Å². The van der Waals surface area contributed by atoms with Crippen LogP contribution in [0.1, 0.15) is 0 Å². The standard InChI is InChI=1S/C28H18ClNS/c29-27-24(30(20-10-3-1-4-11-20)21-12-5-2-6-13-21)17-16-23-26-22-14-8-7-9-19(22)15-18-25(26)31-28(23)27/h1-18H. The van der Waals surface area contributed by atoms with Gasteiger partial charge in [0.1, 0.15) is 0 Å². The van der Waals surface area contributed by atoms with Crippen molar-refractivity contribution in [3.05, 3.63) is 114 Å². The van der Waals surface area contributed by atoms with Crippen LogP contribution < -0.4 is 4.90 Å². The number of thiophene rings is 1. The number of para-hydroxylation sites is 2. The van der Waals surface area contributed by atoms with Gasteiger partial charge in [0.05, 0.1) is 15.4 Å². The van der Waals surface area contributed by atoms with E-state index in [-0.39, 0.29) is 0 Å². The van der Waals surface area contributed by atoms with Crippen LogP contribution >= 0.6 is 22.9 Å². The monoisotopic (exact) mass is 435 g/mol. The van der Waals surface area contributed by atoms with Crippen molar-refractivity contribution in [2.75, 3.05) is 4.90 Å². The minimum Gasteiger partial charge on any atom is -0.309 e. The lowest BCUT2D eigenvalue weighted by Gasteiger charge is -2.26. The van der Waals surface area contributed by atoms with Crippen LogP contribution in [0, 0.1) is 0 Å². The molecule has 6 rings (SSSR count). The molecule has 0 aliphatic carbocycles. The first-order valence-electron chi connectivity index (χ1n) is 10.2. The molecule has 0 radical (unpaired) electrons. The summed E-state index contributed by atoms with van der Waals surface area (Å²) in [7, 11) is 0. The average Bonchev–Trinajstić information content (AvgIpc) is 3.22. The number of rotatable bonds is 3. The third-order valence-corrected chi connectivity index (χ3v) is 7.40. The van der Waals surface area contributed by atoms with Gasteiger partial charge >= 0.3 is 0 Å². The largest absolute Gasteiger partial charge is 0.309 e. The van der Waals surface area contributed by atoms with Crippen molar-refractivity contribution in [2.45, 2.75) is 0 Å². The van der Waals surface area contributed by atoms with Gasteiger partial charge in [-0.2, -0.15) is 0 Å². The van der Waals surface area contributed by atoms with Crippen molar-refractivity contribution in [3.8, 4) is 0 Å². The summed E-state index contributed by atoms with van der Waals surface area (Å²) in [6.07, 6.45) is 0. The molecule has 1 nitrogen and oxygen atoms in total. The molecule has 0 saturated heterocycles. The van der Waals surface area contributed by atoms with Gasteiger partial charge in [-0.25, -0.2) is 0 Å². The van der Waals surface area contributed by atoms with Crippen molar-refractivity contribution in [3.63, 3.8) is 0 Å². The molecule has 1 heterocycles. The molecule has 0 bridgehead atoms. The highest BCUT2D eigenvalue weighted by Gasteiger charge is 2.19. The average molecular weight is 436 g/mol. The highest BCUT2D eigenvalue weighted by atomic mass is 35.5. The van der Waals surface area contributed by atoms with Crippen LogP contribution in [-0.2, 0) is 0 Å². The maximum atomic E-state index is 7.13. The molecule has 31 heavy (non-hydrogen) atoms. The smallest absolute Gasteiger partial charge is 0.0825 e. The first-order valence-corrected chi connectivity index (χ1v) is 11.4. The molecule has 6 aromatic rings. The molecule has 0 amide bonds. The minimum atomic E-state index is 0.787. The van der Waals surface area contributed by atoms with Crippen LogP contribution in [0.2, 0.25) is 5.02 Å². The summed E-state index contributed by atoms with van der Waals surface area (Å²) in [5, 5.41) is 5.82. The normalized spacial score (nSPS) is 11.4. The van der Waals surface area contributed by atoms with Crippen molar-refractivity contribution < 1.29 is 0 Å².